The van der Waals surface area contributed by atoms with E-state index in [9.17, 15) is 0 Å². The molecule has 2 rings (SSSR count). The zero-order chi connectivity index (χ0) is 13.3. The number of aryl methyl sites for hydroxylation is 1. The van der Waals surface area contributed by atoms with Crippen molar-refractivity contribution in [1.82, 2.24) is 14.5 Å². The summed E-state index contributed by atoms with van der Waals surface area (Å²) in [5, 5.41) is 3.34. The molecule has 2 aromatic rings. The predicted octanol–water partition coefficient (Wildman–Crippen LogP) is 1.97. The second kappa shape index (κ2) is 7.53. The Bertz CT molecular complexity index is 469. The van der Waals surface area contributed by atoms with E-state index >= 15 is 0 Å². The van der Waals surface area contributed by atoms with Crippen molar-refractivity contribution in [1.29, 1.82) is 0 Å². The van der Waals surface area contributed by atoms with Crippen LogP contribution in [0.2, 0.25) is 0 Å². The maximum absolute atomic E-state index is 5.06. The van der Waals surface area contributed by atoms with Gasteiger partial charge in [0.1, 0.15) is 0 Å². The van der Waals surface area contributed by atoms with Crippen molar-refractivity contribution in [2.24, 2.45) is 0 Å². The fraction of sp³-hybridized carbons (Fsp3) is 0.429. The van der Waals surface area contributed by atoms with Gasteiger partial charge in [-0.3, -0.25) is 4.98 Å². The SMILES string of the molecule is COCCCn1ccnc1NCCc1ccccn1. The standard InChI is InChI=1S/C14H20N4O/c1-19-12-4-10-18-11-9-17-14(18)16-8-6-13-5-2-3-7-15-13/h2-3,5,7,9,11H,4,6,8,10,12H2,1H3,(H,16,17). The van der Waals surface area contributed by atoms with Gasteiger partial charge in [-0.1, -0.05) is 6.07 Å². The summed E-state index contributed by atoms with van der Waals surface area (Å²) in [6, 6.07) is 5.97. The molecule has 0 aliphatic carbocycles. The maximum Gasteiger partial charge on any atom is 0.202 e. The number of nitrogens with zero attached hydrogens (tertiary/aromatic N) is 3. The average molecular weight is 260 g/mol. The maximum atomic E-state index is 5.06. The van der Waals surface area contributed by atoms with Crippen LogP contribution in [0.15, 0.2) is 36.8 Å². The van der Waals surface area contributed by atoms with Crippen molar-refractivity contribution >= 4 is 5.95 Å². The fourth-order valence-electron chi connectivity index (χ4n) is 1.88. The molecule has 0 bridgehead atoms. The number of pyridine rings is 1. The number of rotatable bonds is 8. The summed E-state index contributed by atoms with van der Waals surface area (Å²) < 4.78 is 7.17. The number of aromatic nitrogens is 3. The van der Waals surface area contributed by atoms with Gasteiger partial charge >= 0.3 is 0 Å². The lowest BCUT2D eigenvalue weighted by atomic mass is 10.3. The Labute approximate surface area is 113 Å². The molecule has 2 aromatic heterocycles. The largest absolute Gasteiger partial charge is 0.385 e. The zero-order valence-corrected chi connectivity index (χ0v) is 11.2. The van der Waals surface area contributed by atoms with Crippen LogP contribution in [0.3, 0.4) is 0 Å². The molecule has 0 saturated carbocycles. The summed E-state index contributed by atoms with van der Waals surface area (Å²) in [5.41, 5.74) is 1.09. The highest BCUT2D eigenvalue weighted by molar-refractivity contribution is 5.26. The topological polar surface area (TPSA) is 52.0 Å². The van der Waals surface area contributed by atoms with E-state index in [4.69, 9.17) is 4.74 Å². The molecule has 0 spiro atoms. The highest BCUT2D eigenvalue weighted by atomic mass is 16.5. The van der Waals surface area contributed by atoms with E-state index < -0.39 is 0 Å². The van der Waals surface area contributed by atoms with Gasteiger partial charge in [-0.25, -0.2) is 4.98 Å². The number of hydrogen-bond acceptors (Lipinski definition) is 4. The molecule has 0 saturated heterocycles. The Morgan fingerprint density at radius 3 is 3.00 bits per heavy atom. The van der Waals surface area contributed by atoms with Crippen LogP contribution in [0.25, 0.3) is 0 Å². The van der Waals surface area contributed by atoms with E-state index in [0.29, 0.717) is 0 Å². The normalized spacial score (nSPS) is 10.6. The second-order valence-corrected chi connectivity index (χ2v) is 4.29. The molecule has 0 aliphatic heterocycles. The van der Waals surface area contributed by atoms with Crippen molar-refractivity contribution < 1.29 is 4.74 Å². The summed E-state index contributed by atoms with van der Waals surface area (Å²) in [6.45, 7) is 2.52. The van der Waals surface area contributed by atoms with Crippen molar-refractivity contribution in [2.75, 3.05) is 25.6 Å². The van der Waals surface area contributed by atoms with Crippen LogP contribution in [0.1, 0.15) is 12.1 Å². The molecule has 0 aromatic carbocycles. The van der Waals surface area contributed by atoms with Gasteiger partial charge in [-0.15, -0.1) is 0 Å². The highest BCUT2D eigenvalue weighted by Gasteiger charge is 2.01. The van der Waals surface area contributed by atoms with E-state index in [1.165, 1.54) is 0 Å². The molecule has 0 radical (unpaired) electrons. The van der Waals surface area contributed by atoms with E-state index in [2.05, 4.69) is 19.9 Å². The number of nitrogens with one attached hydrogen (secondary N) is 1. The third-order valence-electron chi connectivity index (χ3n) is 2.85. The molecule has 1 N–H and O–H groups in total. The quantitative estimate of drug-likeness (QED) is 0.737. The minimum absolute atomic E-state index is 0.769. The van der Waals surface area contributed by atoms with Crippen molar-refractivity contribution in [3.63, 3.8) is 0 Å². The third-order valence-corrected chi connectivity index (χ3v) is 2.85. The van der Waals surface area contributed by atoms with Gasteiger partial charge < -0.3 is 14.6 Å². The van der Waals surface area contributed by atoms with E-state index in [-0.39, 0.29) is 0 Å². The van der Waals surface area contributed by atoms with Crippen LogP contribution in [0.4, 0.5) is 5.95 Å². The van der Waals surface area contributed by atoms with Gasteiger partial charge in [-0.2, -0.15) is 0 Å². The highest BCUT2D eigenvalue weighted by Crippen LogP contribution is 2.06. The molecule has 2 heterocycles. The van der Waals surface area contributed by atoms with E-state index in [1.807, 2.05) is 36.8 Å². The van der Waals surface area contributed by atoms with E-state index in [1.54, 1.807) is 7.11 Å². The lowest BCUT2D eigenvalue weighted by Crippen LogP contribution is -2.11. The molecular weight excluding hydrogens is 240 g/mol. The number of imidazole rings is 1. The Hall–Kier alpha value is -1.88. The van der Waals surface area contributed by atoms with Crippen LogP contribution in [0, 0.1) is 0 Å². The summed E-state index contributed by atoms with van der Waals surface area (Å²) in [7, 11) is 1.72. The van der Waals surface area contributed by atoms with Crippen LogP contribution in [-0.4, -0.2) is 34.8 Å². The van der Waals surface area contributed by atoms with Gasteiger partial charge in [0.15, 0.2) is 0 Å². The number of anilines is 1. The van der Waals surface area contributed by atoms with Crippen LogP contribution >= 0.6 is 0 Å². The van der Waals surface area contributed by atoms with Gasteiger partial charge in [0, 0.05) is 57.5 Å². The third kappa shape index (κ3) is 4.37. The molecule has 5 nitrogen and oxygen atoms in total. The molecule has 102 valence electrons. The second-order valence-electron chi connectivity index (χ2n) is 4.29. The Balaban J connectivity index is 1.78. The Morgan fingerprint density at radius 1 is 1.26 bits per heavy atom. The lowest BCUT2D eigenvalue weighted by Gasteiger charge is -2.09. The molecular formula is C14H20N4O. The predicted molar refractivity (Wildman–Crippen MR) is 75.2 cm³/mol. The summed E-state index contributed by atoms with van der Waals surface area (Å²) in [4.78, 5) is 8.61. The molecule has 19 heavy (non-hydrogen) atoms. The minimum Gasteiger partial charge on any atom is -0.385 e. The molecule has 0 fully saturated rings. The molecule has 0 atom stereocenters. The first-order valence-electron chi connectivity index (χ1n) is 6.54. The van der Waals surface area contributed by atoms with Gasteiger partial charge in [0.25, 0.3) is 0 Å². The van der Waals surface area contributed by atoms with Gasteiger partial charge in [0.2, 0.25) is 5.95 Å². The molecule has 0 amide bonds. The molecule has 0 aliphatic rings. The smallest absolute Gasteiger partial charge is 0.202 e. The first-order valence-corrected chi connectivity index (χ1v) is 6.54. The van der Waals surface area contributed by atoms with Crippen LogP contribution in [-0.2, 0) is 17.7 Å². The van der Waals surface area contributed by atoms with Gasteiger partial charge in [-0.05, 0) is 18.6 Å². The number of hydrogen-bond donors (Lipinski definition) is 1. The van der Waals surface area contributed by atoms with Crippen molar-refractivity contribution in [3.05, 3.63) is 42.5 Å². The van der Waals surface area contributed by atoms with Crippen molar-refractivity contribution in [2.45, 2.75) is 19.4 Å². The Morgan fingerprint density at radius 2 is 2.21 bits per heavy atom. The van der Waals surface area contributed by atoms with Crippen LogP contribution in [0.5, 0.6) is 0 Å². The average Bonchev–Trinajstić information content (AvgIpc) is 2.88. The fourth-order valence-corrected chi connectivity index (χ4v) is 1.88. The number of methoxy groups -OCH3 is 1. The van der Waals surface area contributed by atoms with Crippen molar-refractivity contribution in [3.8, 4) is 0 Å². The molecule has 0 unspecified atom stereocenters. The molecule has 5 heteroatoms. The first-order chi connectivity index (χ1) is 9.40. The zero-order valence-electron chi connectivity index (χ0n) is 11.2. The Kier molecular flexibility index (Phi) is 5.37. The summed E-state index contributed by atoms with van der Waals surface area (Å²) in [6.07, 6.45) is 7.50. The monoisotopic (exact) mass is 260 g/mol. The minimum atomic E-state index is 0.769. The van der Waals surface area contributed by atoms with Crippen LogP contribution < -0.4 is 5.32 Å². The lowest BCUT2D eigenvalue weighted by molar-refractivity contribution is 0.190. The summed E-state index contributed by atoms with van der Waals surface area (Å²) in [5.74, 6) is 0.909. The number of ether oxygens (including phenoxy) is 1. The van der Waals surface area contributed by atoms with Gasteiger partial charge in [0.05, 0.1) is 0 Å². The van der Waals surface area contributed by atoms with E-state index in [0.717, 1.165) is 44.2 Å². The first kappa shape index (κ1) is 13.5. The summed E-state index contributed by atoms with van der Waals surface area (Å²) >= 11 is 0.